The summed E-state index contributed by atoms with van der Waals surface area (Å²) in [5.74, 6) is -5.96. The number of rotatable bonds is 6. The summed E-state index contributed by atoms with van der Waals surface area (Å²) in [5, 5.41) is 17.0. The molecule has 2 unspecified atom stereocenters. The number of alkyl halides is 5. The zero-order valence-corrected chi connectivity index (χ0v) is 25.6. The second-order valence-electron chi connectivity index (χ2n) is 13.2. The third kappa shape index (κ3) is 5.20. The second-order valence-corrected chi connectivity index (χ2v) is 13.2. The van der Waals surface area contributed by atoms with Gasteiger partial charge in [-0.2, -0.15) is 22.0 Å². The van der Waals surface area contributed by atoms with Gasteiger partial charge in [0.2, 0.25) is 0 Å². The number of amides is 2. The van der Waals surface area contributed by atoms with E-state index < -0.39 is 47.4 Å². The lowest BCUT2D eigenvalue weighted by Crippen LogP contribution is -2.65. The number of methoxy groups -OCH3 is 1. The molecule has 2 aromatic rings. The Morgan fingerprint density at radius 1 is 1.00 bits per heavy atom. The predicted octanol–water partition coefficient (Wildman–Crippen LogP) is 7.85. The van der Waals surface area contributed by atoms with Crippen LogP contribution in [0, 0.1) is 17.3 Å². The van der Waals surface area contributed by atoms with Crippen molar-refractivity contribution in [1.29, 1.82) is 0 Å². The van der Waals surface area contributed by atoms with Crippen LogP contribution in [0.25, 0.3) is 0 Å². The molecule has 2 aromatic carbocycles. The van der Waals surface area contributed by atoms with Gasteiger partial charge in [-0.1, -0.05) is 36.8 Å². The molecule has 0 saturated heterocycles. The molecule has 2 amide bonds. The molecule has 0 radical (unpaired) electrons. The summed E-state index contributed by atoms with van der Waals surface area (Å²) in [4.78, 5) is 24.7. The van der Waals surface area contributed by atoms with Gasteiger partial charge in [0.25, 0.3) is 0 Å². The van der Waals surface area contributed by atoms with Crippen molar-refractivity contribution in [3.05, 3.63) is 82.5 Å². The van der Waals surface area contributed by atoms with Crippen molar-refractivity contribution >= 4 is 17.5 Å². The lowest BCUT2D eigenvalue weighted by Gasteiger charge is -2.56. The van der Waals surface area contributed by atoms with Crippen LogP contribution in [0.4, 0.5) is 32.4 Å². The van der Waals surface area contributed by atoms with E-state index in [2.05, 4.69) is 10.6 Å². The zero-order valence-electron chi connectivity index (χ0n) is 25.6. The predicted molar refractivity (Wildman–Crippen MR) is 162 cm³/mol. The Kier molecular flexibility index (Phi) is 8.06. The van der Waals surface area contributed by atoms with E-state index >= 15 is 8.78 Å². The van der Waals surface area contributed by atoms with Gasteiger partial charge in [-0.3, -0.25) is 4.79 Å². The molecule has 11 heteroatoms. The van der Waals surface area contributed by atoms with Crippen molar-refractivity contribution in [2.45, 2.75) is 82.0 Å². The van der Waals surface area contributed by atoms with E-state index in [9.17, 15) is 27.9 Å². The number of fused-ring (bicyclic) bond motifs is 4. The summed E-state index contributed by atoms with van der Waals surface area (Å²) in [6.45, 7) is 1.60. The van der Waals surface area contributed by atoms with Gasteiger partial charge in [-0.25, -0.2) is 4.79 Å². The SMILES string of the molecule is COc1ccc(NC(=O)NCc2ccc([C@H]3C[C@@]4(C)C(CC[C@@]4(O)C(F)(F)C(F)(F)F)C4CCC5=CC(=O)CCC5=C43)cc2)cc1. The number of anilines is 1. The molecule has 6 nitrogen and oxygen atoms in total. The van der Waals surface area contributed by atoms with Crippen molar-refractivity contribution in [3.8, 4) is 5.75 Å². The molecule has 46 heavy (non-hydrogen) atoms. The van der Waals surface area contributed by atoms with Gasteiger partial charge in [0.15, 0.2) is 5.78 Å². The normalized spacial score (nSPS) is 29.3. The Balaban J connectivity index is 1.29. The van der Waals surface area contributed by atoms with E-state index in [0.29, 0.717) is 37.1 Å². The summed E-state index contributed by atoms with van der Waals surface area (Å²) < 4.78 is 76.9. The van der Waals surface area contributed by atoms with E-state index in [1.165, 1.54) is 6.92 Å². The highest BCUT2D eigenvalue weighted by Crippen LogP contribution is 2.70. The first-order valence-corrected chi connectivity index (χ1v) is 15.6. The van der Waals surface area contributed by atoms with Gasteiger partial charge >= 0.3 is 18.1 Å². The smallest absolute Gasteiger partial charge is 0.456 e. The van der Waals surface area contributed by atoms with E-state index in [0.717, 1.165) is 27.8 Å². The Bertz CT molecular complexity index is 1580. The van der Waals surface area contributed by atoms with E-state index in [4.69, 9.17) is 4.74 Å². The third-order valence-corrected chi connectivity index (χ3v) is 10.9. The number of halogens is 5. The molecule has 4 aliphatic carbocycles. The molecule has 2 fully saturated rings. The molecular weight excluding hydrogens is 607 g/mol. The summed E-state index contributed by atoms with van der Waals surface area (Å²) >= 11 is 0. The quantitative estimate of drug-likeness (QED) is 0.280. The molecular formula is C35H37F5N2O4. The average Bonchev–Trinajstić information content (AvgIpc) is 3.30. The van der Waals surface area contributed by atoms with Crippen molar-refractivity contribution in [2.75, 3.05) is 12.4 Å². The molecule has 0 heterocycles. The van der Waals surface area contributed by atoms with Crippen LogP contribution in [-0.2, 0) is 11.3 Å². The summed E-state index contributed by atoms with van der Waals surface area (Å²) in [5.41, 5.74) is 0.0635. The van der Waals surface area contributed by atoms with Crippen molar-refractivity contribution in [2.24, 2.45) is 17.3 Å². The van der Waals surface area contributed by atoms with Crippen LogP contribution in [0.15, 0.2) is 71.3 Å². The minimum absolute atomic E-state index is 0.0305. The van der Waals surface area contributed by atoms with Gasteiger partial charge in [0.05, 0.1) is 7.11 Å². The molecule has 5 atom stereocenters. The monoisotopic (exact) mass is 644 g/mol. The number of hydrogen-bond donors (Lipinski definition) is 3. The fourth-order valence-corrected chi connectivity index (χ4v) is 8.61. The van der Waals surface area contributed by atoms with E-state index in [-0.39, 0.29) is 31.1 Å². The molecule has 3 N–H and O–H groups in total. The van der Waals surface area contributed by atoms with Crippen molar-refractivity contribution in [1.82, 2.24) is 5.32 Å². The first-order valence-electron chi connectivity index (χ1n) is 15.6. The number of carbonyl (C=O) groups excluding carboxylic acids is 2. The standard InChI is InChI=1S/C35H37F5N2O4/c1-32-18-28(21-5-3-20(4-6-21)19-41-31(44)42-23-8-11-25(46-2)12-9-23)30-26-14-10-24(43)17-22(26)7-13-27(30)29(32)15-16-33(32,45)34(36,37)35(38,39)40/h3-6,8-9,11-12,17,27-29,45H,7,10,13-16,18-19H2,1-2H3,(H2,41,42,44)/t27?,28-,29?,32+,33+/m1/s1. The minimum Gasteiger partial charge on any atom is -0.497 e. The van der Waals surface area contributed by atoms with Crippen molar-refractivity contribution < 1.29 is 41.4 Å². The number of hydrogen-bond acceptors (Lipinski definition) is 4. The Labute approximate surface area is 264 Å². The maximum atomic E-state index is 15.2. The zero-order chi connectivity index (χ0) is 33.1. The molecule has 2 saturated carbocycles. The Morgan fingerprint density at radius 2 is 1.70 bits per heavy atom. The highest BCUT2D eigenvalue weighted by molar-refractivity contribution is 5.93. The third-order valence-electron chi connectivity index (χ3n) is 10.9. The number of ether oxygens (including phenoxy) is 1. The van der Waals surface area contributed by atoms with E-state index in [1.54, 1.807) is 49.6 Å². The average molecular weight is 645 g/mol. The highest BCUT2D eigenvalue weighted by Gasteiger charge is 2.79. The van der Waals surface area contributed by atoms with Crippen LogP contribution in [0.3, 0.4) is 0 Å². The number of allylic oxidation sites excluding steroid dienone is 4. The number of urea groups is 1. The Morgan fingerprint density at radius 3 is 2.35 bits per heavy atom. The second kappa shape index (κ2) is 11.5. The van der Waals surface area contributed by atoms with Crippen LogP contribution in [0.2, 0.25) is 0 Å². The number of nitrogens with one attached hydrogen (secondary N) is 2. The molecule has 6 rings (SSSR count). The topological polar surface area (TPSA) is 87.7 Å². The summed E-state index contributed by atoms with van der Waals surface area (Å²) in [6.07, 6.45) is -3.01. The van der Waals surface area contributed by atoms with Gasteiger partial charge in [-0.15, -0.1) is 0 Å². The first kappa shape index (κ1) is 32.2. The fourth-order valence-electron chi connectivity index (χ4n) is 8.61. The number of carbonyl (C=O) groups is 2. The molecule has 0 bridgehead atoms. The van der Waals surface area contributed by atoms with Gasteiger partial charge in [0.1, 0.15) is 11.4 Å². The molecule has 4 aliphatic rings. The van der Waals surface area contributed by atoms with Crippen LogP contribution in [0.1, 0.15) is 68.9 Å². The number of aliphatic hydroxyl groups is 1. The minimum atomic E-state index is -5.89. The maximum Gasteiger partial charge on any atom is 0.456 e. The van der Waals surface area contributed by atoms with Gasteiger partial charge in [-0.05, 0) is 103 Å². The summed E-state index contributed by atoms with van der Waals surface area (Å²) in [6, 6.07) is 13.7. The van der Waals surface area contributed by atoms with Gasteiger partial charge < -0.3 is 20.5 Å². The highest BCUT2D eigenvalue weighted by atomic mass is 19.4. The fraction of sp³-hybridized carbons (Fsp3) is 0.486. The van der Waals surface area contributed by atoms with Crippen LogP contribution < -0.4 is 15.4 Å². The van der Waals surface area contributed by atoms with E-state index in [1.807, 2.05) is 12.1 Å². The Hall–Kier alpha value is -3.73. The lowest BCUT2D eigenvalue weighted by molar-refractivity contribution is -0.362. The maximum absolute atomic E-state index is 15.2. The van der Waals surface area contributed by atoms with Gasteiger partial charge in [0, 0.05) is 30.0 Å². The molecule has 246 valence electrons. The number of ketones is 1. The molecule has 0 spiro atoms. The van der Waals surface area contributed by atoms with Crippen LogP contribution in [-0.4, -0.2) is 41.7 Å². The molecule has 0 aromatic heterocycles. The first-order chi connectivity index (χ1) is 21.7. The molecule has 0 aliphatic heterocycles. The van der Waals surface area contributed by atoms with Crippen LogP contribution in [0.5, 0.6) is 5.75 Å². The van der Waals surface area contributed by atoms with Crippen LogP contribution >= 0.6 is 0 Å². The lowest BCUT2D eigenvalue weighted by atomic mass is 9.50. The summed E-state index contributed by atoms with van der Waals surface area (Å²) in [7, 11) is 1.55. The number of benzene rings is 2. The van der Waals surface area contributed by atoms with Crippen molar-refractivity contribution in [3.63, 3.8) is 0 Å². The largest absolute Gasteiger partial charge is 0.497 e.